The second kappa shape index (κ2) is 10.7. The summed E-state index contributed by atoms with van der Waals surface area (Å²) >= 11 is 0. The van der Waals surface area contributed by atoms with Gasteiger partial charge in [-0.3, -0.25) is 9.88 Å². The monoisotopic (exact) mass is 610 g/mol. The Kier molecular flexibility index (Phi) is 6.95. The minimum absolute atomic E-state index is 0.0925. The Morgan fingerprint density at radius 3 is 2.75 bits per heavy atom. The number of benzene rings is 2. The van der Waals surface area contributed by atoms with Gasteiger partial charge in [-0.1, -0.05) is 18.2 Å². The maximum absolute atomic E-state index is 16.5. The molecule has 3 aliphatic rings. The van der Waals surface area contributed by atoms with Gasteiger partial charge >= 0.3 is 12.1 Å². The molecule has 13 heteroatoms. The van der Waals surface area contributed by atoms with E-state index in [9.17, 15) is 23.1 Å². The summed E-state index contributed by atoms with van der Waals surface area (Å²) in [7, 11) is 1.75. The highest BCUT2D eigenvalue weighted by Gasteiger charge is 2.49. The Hall–Kier alpha value is -4.26. The normalized spacial score (nSPS) is 23.5. The van der Waals surface area contributed by atoms with Gasteiger partial charge in [-0.15, -0.1) is 0 Å². The molecule has 0 radical (unpaired) electrons. The predicted molar refractivity (Wildman–Crippen MR) is 155 cm³/mol. The number of pyridine rings is 1. The smallest absolute Gasteiger partial charge is 0.407 e. The third kappa shape index (κ3) is 4.73. The summed E-state index contributed by atoms with van der Waals surface area (Å²) in [6, 6.07) is 6.49. The van der Waals surface area contributed by atoms with Crippen LogP contribution in [-0.4, -0.2) is 93.5 Å². The Labute approximate surface area is 250 Å². The van der Waals surface area contributed by atoms with Gasteiger partial charge < -0.3 is 19.6 Å². The maximum atomic E-state index is 16.5. The maximum Gasteiger partial charge on any atom is 0.407 e. The molecule has 9 nitrogen and oxygen atoms in total. The fourth-order valence-corrected chi connectivity index (χ4v) is 7.07. The molecule has 1 amide bonds. The van der Waals surface area contributed by atoms with Crippen LogP contribution in [0, 0.1) is 17.5 Å². The average molecular weight is 611 g/mol. The summed E-state index contributed by atoms with van der Waals surface area (Å²) in [5.41, 5.74) is -0.432. The van der Waals surface area contributed by atoms with Crippen molar-refractivity contribution < 1.29 is 32.2 Å². The third-order valence-corrected chi connectivity index (χ3v) is 9.37. The summed E-state index contributed by atoms with van der Waals surface area (Å²) < 4.78 is 65.2. The van der Waals surface area contributed by atoms with Crippen molar-refractivity contribution in [1.29, 1.82) is 0 Å². The first kappa shape index (κ1) is 28.5. The Morgan fingerprint density at radius 1 is 1.14 bits per heavy atom. The lowest BCUT2D eigenvalue weighted by Gasteiger charge is -2.31. The average Bonchev–Trinajstić information content (AvgIpc) is 3.71. The van der Waals surface area contributed by atoms with E-state index in [1.807, 2.05) is 0 Å². The van der Waals surface area contributed by atoms with Crippen molar-refractivity contribution in [2.45, 2.75) is 43.4 Å². The topological polar surface area (TPSA) is 94.9 Å². The first-order chi connectivity index (χ1) is 21.1. The molecule has 0 bridgehead atoms. The number of alkyl halides is 1. The van der Waals surface area contributed by atoms with E-state index in [-0.39, 0.29) is 52.8 Å². The number of likely N-dealkylation sites (tertiary alicyclic amines) is 1. The second-order valence-electron chi connectivity index (χ2n) is 12.0. The molecule has 3 saturated heterocycles. The van der Waals surface area contributed by atoms with Gasteiger partial charge in [0, 0.05) is 50.9 Å². The van der Waals surface area contributed by atoms with E-state index in [1.54, 1.807) is 30.1 Å². The third-order valence-electron chi connectivity index (χ3n) is 9.37. The SMILES string of the molecule is CN(c1nc(OC[C@@]23CCCN2C[C@H](F)C3)nc2c(F)c(-c3cccc4cc(F)c(F)cc34)ncc12)[C@@H]1CCN(C(=O)O)C1. The summed E-state index contributed by atoms with van der Waals surface area (Å²) in [5.74, 6) is -2.58. The largest absolute Gasteiger partial charge is 0.465 e. The highest BCUT2D eigenvalue weighted by Crippen LogP contribution is 2.41. The number of carbonyl (C=O) groups is 1. The minimum Gasteiger partial charge on any atom is -0.465 e. The van der Waals surface area contributed by atoms with Crippen LogP contribution < -0.4 is 9.64 Å². The van der Waals surface area contributed by atoms with Crippen LogP contribution in [0.4, 0.5) is 28.2 Å². The Balaban J connectivity index is 1.33. The molecule has 2 aromatic carbocycles. The molecule has 3 fully saturated rings. The van der Waals surface area contributed by atoms with Crippen molar-refractivity contribution >= 4 is 33.6 Å². The van der Waals surface area contributed by atoms with Gasteiger partial charge in [0.25, 0.3) is 0 Å². The lowest BCUT2D eigenvalue weighted by molar-refractivity contribution is 0.107. The molecule has 4 aromatic rings. The van der Waals surface area contributed by atoms with E-state index in [0.29, 0.717) is 37.1 Å². The molecule has 0 aliphatic carbocycles. The molecule has 44 heavy (non-hydrogen) atoms. The van der Waals surface area contributed by atoms with Gasteiger partial charge in [0.1, 0.15) is 29.8 Å². The van der Waals surface area contributed by atoms with Crippen LogP contribution in [0.5, 0.6) is 6.01 Å². The number of amides is 1. The van der Waals surface area contributed by atoms with Crippen LogP contribution in [0.15, 0.2) is 36.5 Å². The van der Waals surface area contributed by atoms with Crippen molar-refractivity contribution in [1.82, 2.24) is 24.8 Å². The first-order valence-corrected chi connectivity index (χ1v) is 14.6. The number of nitrogens with zero attached hydrogens (tertiary/aromatic N) is 6. The first-order valence-electron chi connectivity index (χ1n) is 14.6. The molecule has 0 unspecified atom stereocenters. The molecule has 2 aromatic heterocycles. The molecule has 7 rings (SSSR count). The van der Waals surface area contributed by atoms with Crippen LogP contribution in [0.1, 0.15) is 25.7 Å². The number of carboxylic acid groups (broad SMARTS) is 1. The Morgan fingerprint density at radius 2 is 1.95 bits per heavy atom. The summed E-state index contributed by atoms with van der Waals surface area (Å²) in [5, 5.41) is 10.4. The van der Waals surface area contributed by atoms with Gasteiger partial charge in [0.05, 0.1) is 10.9 Å². The molecule has 1 N–H and O–H groups in total. The lowest BCUT2D eigenvalue weighted by atomic mass is 9.95. The molecule has 5 heterocycles. The van der Waals surface area contributed by atoms with Crippen LogP contribution in [0.25, 0.3) is 32.9 Å². The van der Waals surface area contributed by atoms with E-state index in [4.69, 9.17) is 4.74 Å². The highest BCUT2D eigenvalue weighted by atomic mass is 19.2. The molecule has 0 saturated carbocycles. The van der Waals surface area contributed by atoms with Crippen LogP contribution in [0.3, 0.4) is 0 Å². The van der Waals surface area contributed by atoms with Crippen molar-refractivity contribution in [3.63, 3.8) is 0 Å². The van der Waals surface area contributed by atoms with Crippen LogP contribution in [-0.2, 0) is 0 Å². The van der Waals surface area contributed by atoms with Gasteiger partial charge in [-0.05, 0) is 48.7 Å². The van der Waals surface area contributed by atoms with Crippen LogP contribution in [0.2, 0.25) is 0 Å². The molecule has 230 valence electrons. The zero-order valence-corrected chi connectivity index (χ0v) is 23.9. The van der Waals surface area contributed by atoms with Gasteiger partial charge in [0.2, 0.25) is 0 Å². The van der Waals surface area contributed by atoms with E-state index in [0.717, 1.165) is 31.5 Å². The minimum atomic E-state index is -1.07. The van der Waals surface area contributed by atoms with Crippen molar-refractivity contribution in [3.05, 3.63) is 54.0 Å². The van der Waals surface area contributed by atoms with Gasteiger partial charge in [0.15, 0.2) is 17.5 Å². The molecule has 3 aliphatic heterocycles. The second-order valence-corrected chi connectivity index (χ2v) is 12.0. The van der Waals surface area contributed by atoms with Crippen molar-refractivity contribution in [2.24, 2.45) is 0 Å². The standard InChI is InChI=1S/C31H30F4N6O3/c1-39(19-6-9-40(15-19)30(42)43)28-22-13-36-26(20-5-2-4-17-10-23(33)24(34)11-21(17)20)25(35)27(22)37-29(38-28)44-16-31-7-3-8-41(31)14-18(32)12-31/h2,4-5,10-11,13,18-19H,3,6-9,12,14-16H2,1H3,(H,42,43)/t18-,19-,31+/m1/s1. The fraction of sp³-hybridized carbons (Fsp3) is 0.419. The number of hydrogen-bond donors (Lipinski definition) is 1. The number of anilines is 1. The molecular formula is C31H30F4N6O3. The summed E-state index contributed by atoms with van der Waals surface area (Å²) in [6.45, 7) is 1.82. The fourth-order valence-electron chi connectivity index (χ4n) is 7.07. The van der Waals surface area contributed by atoms with E-state index in [1.165, 1.54) is 11.1 Å². The van der Waals surface area contributed by atoms with E-state index >= 15 is 4.39 Å². The van der Waals surface area contributed by atoms with Crippen LogP contribution >= 0.6 is 0 Å². The van der Waals surface area contributed by atoms with E-state index in [2.05, 4.69) is 19.9 Å². The van der Waals surface area contributed by atoms with Crippen molar-refractivity contribution in [3.8, 4) is 17.3 Å². The number of rotatable bonds is 6. The zero-order chi connectivity index (χ0) is 30.7. The molecule has 0 spiro atoms. The number of halogens is 4. The van der Waals surface area contributed by atoms with Gasteiger partial charge in [-0.25, -0.2) is 22.4 Å². The number of hydrogen-bond acceptors (Lipinski definition) is 7. The molecular weight excluding hydrogens is 580 g/mol. The number of aromatic nitrogens is 3. The zero-order valence-electron chi connectivity index (χ0n) is 23.9. The van der Waals surface area contributed by atoms with E-state index < -0.39 is 35.3 Å². The lowest BCUT2D eigenvalue weighted by Crippen LogP contribution is -2.43. The molecule has 3 atom stereocenters. The number of fused-ring (bicyclic) bond motifs is 3. The highest BCUT2D eigenvalue weighted by molar-refractivity contribution is 5.99. The quantitative estimate of drug-likeness (QED) is 0.290. The summed E-state index contributed by atoms with van der Waals surface area (Å²) in [4.78, 5) is 30.2. The van der Waals surface area contributed by atoms with Gasteiger partial charge in [-0.2, -0.15) is 9.97 Å². The summed E-state index contributed by atoms with van der Waals surface area (Å²) in [6.07, 6.45) is 2.00. The Bertz CT molecular complexity index is 1790. The van der Waals surface area contributed by atoms with Crippen molar-refractivity contribution in [2.75, 3.05) is 44.7 Å². The predicted octanol–water partition coefficient (Wildman–Crippen LogP) is 5.41. The number of ether oxygens (including phenoxy) is 1. The number of likely N-dealkylation sites (N-methyl/N-ethyl adjacent to an activating group) is 1.